The monoisotopic (exact) mass is 410 g/mol. The maximum absolute atomic E-state index is 13.0. The van der Waals surface area contributed by atoms with Crippen LogP contribution in [0.3, 0.4) is 0 Å². The normalized spacial score (nSPS) is 27.6. The topological polar surface area (TPSA) is 71.5 Å². The molecule has 2 fully saturated rings. The fourth-order valence-corrected chi connectivity index (χ4v) is 4.17. The van der Waals surface area contributed by atoms with Crippen molar-refractivity contribution < 1.29 is 9.59 Å². The second-order valence-corrected chi connectivity index (χ2v) is 9.12. The zero-order valence-electron chi connectivity index (χ0n) is 18.2. The highest BCUT2D eigenvalue weighted by Gasteiger charge is 2.56. The summed E-state index contributed by atoms with van der Waals surface area (Å²) in [5, 5.41) is 10.4. The zero-order valence-corrected chi connectivity index (χ0v) is 18.2. The predicted molar refractivity (Wildman–Crippen MR) is 116 cm³/mol. The summed E-state index contributed by atoms with van der Waals surface area (Å²) in [6, 6.07) is 9.40. The van der Waals surface area contributed by atoms with Gasteiger partial charge < -0.3 is 4.90 Å². The highest BCUT2D eigenvalue weighted by atomic mass is 16.2. The van der Waals surface area contributed by atoms with Gasteiger partial charge in [-0.15, -0.1) is 0 Å². The van der Waals surface area contributed by atoms with Crippen LogP contribution < -0.4 is 5.32 Å². The van der Waals surface area contributed by atoms with E-state index in [1.54, 1.807) is 19.0 Å². The Labute approximate surface area is 177 Å². The Balaban J connectivity index is 1.63. The molecule has 2 saturated heterocycles. The molecule has 3 aliphatic rings. The zero-order chi connectivity index (χ0) is 21.6. The molecule has 1 N–H and O–H groups in total. The number of fused-ring (bicyclic) bond motifs is 3. The van der Waals surface area contributed by atoms with Crippen molar-refractivity contribution in [2.75, 3.05) is 27.2 Å². The number of amides is 3. The number of hydrazone groups is 1. The van der Waals surface area contributed by atoms with E-state index in [0.717, 1.165) is 11.3 Å². The molecule has 0 radical (unpaired) electrons. The van der Waals surface area contributed by atoms with E-state index in [9.17, 15) is 9.59 Å². The number of carbonyl (C=O) groups excluding carboxylic acids is 2. The second kappa shape index (κ2) is 7.52. The van der Waals surface area contributed by atoms with E-state index >= 15 is 0 Å². The third kappa shape index (κ3) is 3.50. The predicted octanol–water partition coefficient (Wildman–Crippen LogP) is 1.82. The molecule has 160 valence electrons. The number of hydrogen-bond acceptors (Lipinski definition) is 6. The number of benzene rings is 1. The summed E-state index contributed by atoms with van der Waals surface area (Å²) in [6.45, 7) is 7.58. The number of carbonyl (C=O) groups is 2. The molecule has 3 unspecified atom stereocenters. The van der Waals surface area contributed by atoms with E-state index in [0.29, 0.717) is 13.1 Å². The van der Waals surface area contributed by atoms with E-state index in [2.05, 4.69) is 55.3 Å². The van der Waals surface area contributed by atoms with Gasteiger partial charge in [0.2, 0.25) is 0 Å². The number of imide groups is 1. The third-order valence-electron chi connectivity index (χ3n) is 6.01. The lowest BCUT2D eigenvalue weighted by atomic mass is 9.89. The van der Waals surface area contributed by atoms with Gasteiger partial charge in [0.25, 0.3) is 5.91 Å². The number of nitrogens with zero attached hydrogens (tertiary/aromatic N) is 5. The molecule has 30 heavy (non-hydrogen) atoms. The fourth-order valence-electron chi connectivity index (χ4n) is 4.17. The van der Waals surface area contributed by atoms with Gasteiger partial charge in [0.1, 0.15) is 12.2 Å². The molecule has 8 heteroatoms. The van der Waals surface area contributed by atoms with Crippen molar-refractivity contribution >= 4 is 23.7 Å². The van der Waals surface area contributed by atoms with Gasteiger partial charge in [-0.05, 0) is 5.56 Å². The summed E-state index contributed by atoms with van der Waals surface area (Å²) in [5.41, 5.74) is 2.02. The minimum atomic E-state index is -0.434. The first-order chi connectivity index (χ1) is 14.2. The van der Waals surface area contributed by atoms with Crippen molar-refractivity contribution in [2.24, 2.45) is 10.5 Å². The number of rotatable bonds is 3. The summed E-state index contributed by atoms with van der Waals surface area (Å²) in [7, 11) is 3.29. The van der Waals surface area contributed by atoms with Crippen LogP contribution in [0, 0.1) is 5.41 Å². The molecule has 8 nitrogen and oxygen atoms in total. The van der Waals surface area contributed by atoms with Crippen molar-refractivity contribution in [1.29, 1.82) is 0 Å². The average molecular weight is 411 g/mol. The Morgan fingerprint density at radius 3 is 2.53 bits per heavy atom. The highest BCUT2D eigenvalue weighted by Crippen LogP contribution is 2.32. The van der Waals surface area contributed by atoms with Gasteiger partial charge in [0.15, 0.2) is 6.29 Å². The van der Waals surface area contributed by atoms with Crippen molar-refractivity contribution in [2.45, 2.75) is 39.3 Å². The molecule has 1 aromatic carbocycles. The van der Waals surface area contributed by atoms with Crippen molar-refractivity contribution in [1.82, 2.24) is 25.0 Å². The number of hydrogen-bond donors (Lipinski definition) is 1. The average Bonchev–Trinajstić information content (AvgIpc) is 3.11. The van der Waals surface area contributed by atoms with Crippen LogP contribution in [0.1, 0.15) is 26.3 Å². The van der Waals surface area contributed by atoms with E-state index in [1.807, 2.05) is 23.2 Å². The van der Waals surface area contributed by atoms with Crippen LogP contribution in [0.4, 0.5) is 4.79 Å². The molecule has 3 heterocycles. The third-order valence-corrected chi connectivity index (χ3v) is 6.01. The first-order valence-electron chi connectivity index (χ1n) is 10.3. The Morgan fingerprint density at radius 1 is 1.17 bits per heavy atom. The van der Waals surface area contributed by atoms with Crippen molar-refractivity contribution in [3.05, 3.63) is 42.0 Å². The molecular formula is C22H30N6O2. The van der Waals surface area contributed by atoms with E-state index in [1.165, 1.54) is 4.90 Å². The van der Waals surface area contributed by atoms with E-state index in [4.69, 9.17) is 5.10 Å². The molecule has 0 aliphatic carbocycles. The van der Waals surface area contributed by atoms with Crippen LogP contribution in [0.25, 0.3) is 6.08 Å². The molecule has 0 saturated carbocycles. The van der Waals surface area contributed by atoms with Crippen LogP contribution in [0.2, 0.25) is 0 Å². The number of urea groups is 1. The molecule has 1 aromatic rings. The van der Waals surface area contributed by atoms with Gasteiger partial charge >= 0.3 is 6.03 Å². The number of nitrogens with one attached hydrogen (secondary N) is 1. The van der Waals surface area contributed by atoms with Gasteiger partial charge in [-0.1, -0.05) is 63.3 Å². The summed E-state index contributed by atoms with van der Waals surface area (Å²) < 4.78 is 0. The molecule has 0 spiro atoms. The summed E-state index contributed by atoms with van der Waals surface area (Å²) >= 11 is 0. The standard InChI is InChI=1S/C22H30N6O2/c1-22(2,3)16-14-27-17-18(25(4)21(30)26(5)19(17)29)23-20(27)28(24-16)13-9-12-15-10-7-6-8-11-15/h6-12,17-18,20,23H,13-14H2,1-5H3/b12-9+. The van der Waals surface area contributed by atoms with Gasteiger partial charge in [0, 0.05) is 26.1 Å². The van der Waals surface area contributed by atoms with Crippen molar-refractivity contribution in [3.63, 3.8) is 0 Å². The molecule has 4 rings (SSSR count). The SMILES string of the molecule is CN1C(=O)C2C(NC3N(C/C=C/c4ccccc4)N=C(C(C)(C)C)CN23)N(C)C1=O. The smallest absolute Gasteiger partial charge is 0.310 e. The maximum Gasteiger partial charge on any atom is 0.327 e. The second-order valence-electron chi connectivity index (χ2n) is 9.12. The van der Waals surface area contributed by atoms with Gasteiger partial charge in [-0.2, -0.15) is 5.10 Å². The molecular weight excluding hydrogens is 380 g/mol. The maximum atomic E-state index is 13.0. The summed E-state index contributed by atoms with van der Waals surface area (Å²) in [6.07, 6.45) is 3.52. The van der Waals surface area contributed by atoms with Gasteiger partial charge in [-0.3, -0.25) is 20.0 Å². The quantitative estimate of drug-likeness (QED) is 0.823. The lowest BCUT2D eigenvalue weighted by Gasteiger charge is -2.43. The van der Waals surface area contributed by atoms with Crippen LogP contribution in [0.5, 0.6) is 0 Å². The van der Waals surface area contributed by atoms with Crippen LogP contribution >= 0.6 is 0 Å². The molecule has 3 atom stereocenters. The van der Waals surface area contributed by atoms with Gasteiger partial charge in [-0.25, -0.2) is 9.69 Å². The van der Waals surface area contributed by atoms with Crippen LogP contribution in [-0.4, -0.2) is 83.0 Å². The first kappa shape index (κ1) is 20.6. The Kier molecular flexibility index (Phi) is 5.15. The largest absolute Gasteiger partial charge is 0.327 e. The lowest BCUT2D eigenvalue weighted by Crippen LogP contribution is -2.65. The summed E-state index contributed by atoms with van der Waals surface area (Å²) in [5.74, 6) is -0.173. The minimum absolute atomic E-state index is 0.129. The summed E-state index contributed by atoms with van der Waals surface area (Å²) in [4.78, 5) is 30.4. The molecule has 0 bridgehead atoms. The highest BCUT2D eigenvalue weighted by molar-refractivity contribution is 6.01. The first-order valence-corrected chi connectivity index (χ1v) is 10.3. The lowest BCUT2D eigenvalue weighted by molar-refractivity contribution is -0.137. The Morgan fingerprint density at radius 2 is 1.87 bits per heavy atom. The number of likely N-dealkylation sites (N-methyl/N-ethyl adjacent to an activating group) is 2. The van der Waals surface area contributed by atoms with Crippen LogP contribution in [-0.2, 0) is 4.79 Å². The molecule has 3 amide bonds. The minimum Gasteiger partial charge on any atom is -0.310 e. The van der Waals surface area contributed by atoms with E-state index < -0.39 is 6.04 Å². The molecule has 3 aliphatic heterocycles. The Bertz CT molecular complexity index is 891. The fraction of sp³-hybridized carbons (Fsp3) is 0.500. The van der Waals surface area contributed by atoms with Crippen molar-refractivity contribution in [3.8, 4) is 0 Å². The van der Waals surface area contributed by atoms with Crippen LogP contribution in [0.15, 0.2) is 41.5 Å². The van der Waals surface area contributed by atoms with E-state index in [-0.39, 0.29) is 29.8 Å². The Hall–Kier alpha value is -2.71. The molecule has 0 aromatic heterocycles. The van der Waals surface area contributed by atoms with Gasteiger partial charge in [0.05, 0.1) is 12.3 Å².